The van der Waals surface area contributed by atoms with E-state index in [-0.39, 0.29) is 34.9 Å². The second-order valence-corrected chi connectivity index (χ2v) is 12.7. The first kappa shape index (κ1) is 25.4. The third-order valence-electron chi connectivity index (χ3n) is 10.6. The van der Waals surface area contributed by atoms with Gasteiger partial charge in [-0.25, -0.2) is 0 Å². The lowest BCUT2D eigenvalue weighted by molar-refractivity contribution is -0.181. The molecule has 0 aromatic carbocycles. The molecule has 4 aliphatic carbocycles. The molecular formula is C28H49NO4. The molecule has 4 saturated carbocycles. The number of hydrogen-bond donors (Lipinski definition) is 2. The normalized spacial score (nSPS) is 47.0. The van der Waals surface area contributed by atoms with Gasteiger partial charge >= 0.3 is 5.97 Å². The Morgan fingerprint density at radius 2 is 1.88 bits per heavy atom. The van der Waals surface area contributed by atoms with Crippen molar-refractivity contribution in [3.8, 4) is 0 Å². The van der Waals surface area contributed by atoms with E-state index in [2.05, 4.69) is 33.0 Å². The number of carbonyl (C=O) groups is 1. The number of aliphatic hydroxyl groups is 1. The van der Waals surface area contributed by atoms with Crippen molar-refractivity contribution in [1.29, 1.82) is 0 Å². The van der Waals surface area contributed by atoms with Gasteiger partial charge in [0, 0.05) is 12.6 Å². The predicted octanol–water partition coefficient (Wildman–Crippen LogP) is 4.81. The molecule has 5 heteroatoms. The fourth-order valence-electron chi connectivity index (χ4n) is 9.12. The minimum Gasteiger partial charge on any atom is -0.469 e. The summed E-state index contributed by atoms with van der Waals surface area (Å²) in [7, 11) is 1.55. The van der Waals surface area contributed by atoms with Crippen molar-refractivity contribution < 1.29 is 19.4 Å². The van der Waals surface area contributed by atoms with Crippen molar-refractivity contribution in [2.24, 2.45) is 46.3 Å². The highest BCUT2D eigenvalue weighted by molar-refractivity contribution is 5.74. The molecule has 33 heavy (non-hydrogen) atoms. The average Bonchev–Trinajstić information content (AvgIpc) is 3.10. The van der Waals surface area contributed by atoms with Gasteiger partial charge in [-0.3, -0.25) is 4.79 Å². The van der Waals surface area contributed by atoms with Crippen LogP contribution < -0.4 is 5.32 Å². The van der Waals surface area contributed by atoms with E-state index in [0.717, 1.165) is 38.6 Å². The smallest absolute Gasteiger partial charge is 0.309 e. The van der Waals surface area contributed by atoms with Crippen molar-refractivity contribution in [2.45, 2.75) is 104 Å². The number of carbonyl (C=O) groups excluding carboxylic acids is 1. The van der Waals surface area contributed by atoms with E-state index in [1.54, 1.807) is 7.11 Å². The van der Waals surface area contributed by atoms with Crippen LogP contribution >= 0.6 is 0 Å². The molecule has 0 unspecified atom stereocenters. The molecule has 0 aliphatic heterocycles. The van der Waals surface area contributed by atoms with Crippen LogP contribution in [-0.2, 0) is 14.3 Å². The van der Waals surface area contributed by atoms with Gasteiger partial charge in [0.05, 0.1) is 25.2 Å². The zero-order chi connectivity index (χ0) is 24.0. The third kappa shape index (κ3) is 4.40. The Kier molecular flexibility index (Phi) is 7.54. The van der Waals surface area contributed by atoms with Crippen LogP contribution in [0.2, 0.25) is 0 Å². The molecule has 0 spiro atoms. The Bertz CT molecular complexity index is 697. The fourth-order valence-corrected chi connectivity index (χ4v) is 9.12. The highest BCUT2D eigenvalue weighted by Crippen LogP contribution is 2.67. The van der Waals surface area contributed by atoms with E-state index in [0.29, 0.717) is 42.2 Å². The van der Waals surface area contributed by atoms with E-state index in [1.165, 1.54) is 19.3 Å². The lowest BCUT2D eigenvalue weighted by Gasteiger charge is -2.64. The molecule has 2 N–H and O–H groups in total. The molecule has 0 radical (unpaired) electrons. The van der Waals surface area contributed by atoms with Crippen LogP contribution in [0.4, 0.5) is 0 Å². The average molecular weight is 464 g/mol. The topological polar surface area (TPSA) is 67.8 Å². The summed E-state index contributed by atoms with van der Waals surface area (Å²) in [5.74, 6) is 3.04. The van der Waals surface area contributed by atoms with Crippen molar-refractivity contribution >= 4 is 5.97 Å². The first-order valence-corrected chi connectivity index (χ1v) is 13.8. The molecule has 0 aromatic heterocycles. The maximum Gasteiger partial charge on any atom is 0.309 e. The van der Waals surface area contributed by atoms with Crippen molar-refractivity contribution in [3.05, 3.63) is 0 Å². The number of ether oxygens (including phenoxy) is 2. The number of fused-ring (bicyclic) bond motifs is 5. The number of rotatable bonds is 7. The zero-order valence-corrected chi connectivity index (χ0v) is 21.9. The summed E-state index contributed by atoms with van der Waals surface area (Å²) in [5, 5.41) is 15.1. The second-order valence-electron chi connectivity index (χ2n) is 12.7. The summed E-state index contributed by atoms with van der Waals surface area (Å²) in [6.45, 7) is 13.2. The van der Waals surface area contributed by atoms with E-state index >= 15 is 0 Å². The summed E-state index contributed by atoms with van der Waals surface area (Å²) >= 11 is 0. The molecular weight excluding hydrogens is 414 g/mol. The first-order chi connectivity index (χ1) is 15.7. The molecule has 10 atom stereocenters. The van der Waals surface area contributed by atoms with Gasteiger partial charge in [-0.05, 0) is 105 Å². The summed E-state index contributed by atoms with van der Waals surface area (Å²) in [6, 6.07) is 0.392. The summed E-state index contributed by atoms with van der Waals surface area (Å²) in [4.78, 5) is 12.8. The maximum absolute atomic E-state index is 12.8. The van der Waals surface area contributed by atoms with E-state index in [9.17, 15) is 9.90 Å². The minimum absolute atomic E-state index is 0.00748. The SMILES string of the molecule is CCO[C@H]1C[C@@H]2CC[C@@H]3[C@H]([C@H](NCCC(C)C)C[C@]4(C)[C@@H](C(=O)OC)CC[C@@H]34)[C@@]2(C)C[C@@H]1O. The number of nitrogens with one attached hydrogen (secondary N) is 1. The highest BCUT2D eigenvalue weighted by Gasteiger charge is 2.65. The van der Waals surface area contributed by atoms with Crippen molar-refractivity contribution in [2.75, 3.05) is 20.3 Å². The fraction of sp³-hybridized carbons (Fsp3) is 0.964. The number of esters is 1. The van der Waals surface area contributed by atoms with Crippen LogP contribution in [0.15, 0.2) is 0 Å². The summed E-state index contributed by atoms with van der Waals surface area (Å²) < 4.78 is 11.2. The molecule has 4 rings (SSSR count). The number of methoxy groups -OCH3 is 1. The lowest BCUT2D eigenvalue weighted by Crippen LogP contribution is -2.64. The molecule has 5 nitrogen and oxygen atoms in total. The maximum atomic E-state index is 12.8. The molecule has 0 aromatic rings. The van der Waals surface area contributed by atoms with Gasteiger partial charge in [0.25, 0.3) is 0 Å². The summed E-state index contributed by atoms with van der Waals surface area (Å²) in [6.07, 6.45) is 8.23. The van der Waals surface area contributed by atoms with Crippen LogP contribution in [0.25, 0.3) is 0 Å². The molecule has 0 bridgehead atoms. The molecule has 0 heterocycles. The van der Waals surface area contributed by atoms with E-state index in [4.69, 9.17) is 9.47 Å². The Balaban J connectivity index is 1.65. The standard InChI is InChI=1S/C28H49NO4/c1-7-33-24-14-18-8-9-19-20-10-11-21(26(31)32-6)28(20,5)15-22(29-13-12-17(2)3)25(19)27(18,4)16-23(24)30/h17-25,29-30H,7-16H2,1-6H3/t18-,19-,20-,21+,22+,23-,24-,25+,27-,28-/m0/s1. The third-order valence-corrected chi connectivity index (χ3v) is 10.6. The molecule has 0 amide bonds. The second kappa shape index (κ2) is 9.78. The molecule has 190 valence electrons. The van der Waals surface area contributed by atoms with Crippen LogP contribution in [0, 0.1) is 46.3 Å². The van der Waals surface area contributed by atoms with Gasteiger partial charge in [-0.2, -0.15) is 0 Å². The molecule has 4 aliphatic rings. The Morgan fingerprint density at radius 1 is 1.12 bits per heavy atom. The van der Waals surface area contributed by atoms with E-state index in [1.807, 2.05) is 6.92 Å². The molecule has 0 saturated heterocycles. The minimum atomic E-state index is -0.374. The summed E-state index contributed by atoms with van der Waals surface area (Å²) in [5.41, 5.74) is 0.129. The van der Waals surface area contributed by atoms with E-state index < -0.39 is 0 Å². The highest BCUT2D eigenvalue weighted by atomic mass is 16.5. The van der Waals surface area contributed by atoms with Gasteiger partial charge in [-0.15, -0.1) is 0 Å². The van der Waals surface area contributed by atoms with Gasteiger partial charge in [0.1, 0.15) is 0 Å². The quantitative estimate of drug-likeness (QED) is 0.531. The monoisotopic (exact) mass is 463 g/mol. The number of aliphatic hydroxyl groups excluding tert-OH is 1. The van der Waals surface area contributed by atoms with Gasteiger partial charge < -0.3 is 19.9 Å². The molecule has 4 fully saturated rings. The Labute approximate surface area is 201 Å². The van der Waals surface area contributed by atoms with Gasteiger partial charge in [0.15, 0.2) is 0 Å². The van der Waals surface area contributed by atoms with Gasteiger partial charge in [-0.1, -0.05) is 27.7 Å². The van der Waals surface area contributed by atoms with Crippen molar-refractivity contribution in [3.63, 3.8) is 0 Å². The largest absolute Gasteiger partial charge is 0.469 e. The zero-order valence-electron chi connectivity index (χ0n) is 21.9. The lowest BCUT2D eigenvalue weighted by atomic mass is 9.43. The van der Waals surface area contributed by atoms with Crippen LogP contribution in [0.3, 0.4) is 0 Å². The van der Waals surface area contributed by atoms with Crippen LogP contribution in [0.5, 0.6) is 0 Å². The van der Waals surface area contributed by atoms with Crippen LogP contribution in [-0.4, -0.2) is 49.6 Å². The van der Waals surface area contributed by atoms with Crippen LogP contribution in [0.1, 0.15) is 86.0 Å². The predicted molar refractivity (Wildman–Crippen MR) is 131 cm³/mol. The first-order valence-electron chi connectivity index (χ1n) is 13.8. The number of hydrogen-bond acceptors (Lipinski definition) is 5. The Hall–Kier alpha value is -0.650. The Morgan fingerprint density at radius 3 is 2.55 bits per heavy atom. The van der Waals surface area contributed by atoms with Gasteiger partial charge in [0.2, 0.25) is 0 Å². The van der Waals surface area contributed by atoms with Crippen molar-refractivity contribution in [1.82, 2.24) is 5.32 Å².